The Bertz CT molecular complexity index is 772. The minimum atomic E-state index is 0.177. The highest BCUT2D eigenvalue weighted by atomic mass is 35.5. The van der Waals surface area contributed by atoms with E-state index in [1.165, 1.54) is 11.1 Å². The van der Waals surface area contributed by atoms with Crippen LogP contribution in [0.25, 0.3) is 0 Å². The maximum absolute atomic E-state index is 12.5. The van der Waals surface area contributed by atoms with Crippen LogP contribution in [0.3, 0.4) is 0 Å². The standard InChI is InChI=1S/C20H23ClN4O/c21-18-7-8-19(24-23-18)25-11-9-16(10-12-25)22-20(26)13-15-6-5-14-3-1-2-4-17(14)15/h1-4,7-8,15-16H,5-6,9-13H2,(H,22,26)/t15-/m1/s1. The van der Waals surface area contributed by atoms with Gasteiger partial charge in [-0.25, -0.2) is 0 Å². The Kier molecular flexibility index (Phi) is 5.07. The van der Waals surface area contributed by atoms with Gasteiger partial charge >= 0.3 is 0 Å². The van der Waals surface area contributed by atoms with Crippen molar-refractivity contribution >= 4 is 23.3 Å². The normalized spacial score (nSPS) is 20.0. The number of aryl methyl sites for hydroxylation is 1. The Morgan fingerprint density at radius 3 is 2.69 bits per heavy atom. The van der Waals surface area contributed by atoms with Crippen LogP contribution in [0, 0.1) is 0 Å². The molecule has 26 heavy (non-hydrogen) atoms. The van der Waals surface area contributed by atoms with Crippen LogP contribution in [0.15, 0.2) is 36.4 Å². The second kappa shape index (κ2) is 7.62. The van der Waals surface area contributed by atoms with Gasteiger partial charge in [0, 0.05) is 25.6 Å². The van der Waals surface area contributed by atoms with Gasteiger partial charge in [0.15, 0.2) is 11.0 Å². The minimum absolute atomic E-state index is 0.177. The SMILES string of the molecule is O=C(C[C@H]1CCc2ccccc21)NC1CCN(c2ccc(Cl)nn2)CC1. The fraction of sp³-hybridized carbons (Fsp3) is 0.450. The minimum Gasteiger partial charge on any atom is -0.355 e. The van der Waals surface area contributed by atoms with Crippen molar-refractivity contribution in [3.63, 3.8) is 0 Å². The van der Waals surface area contributed by atoms with Gasteiger partial charge in [0.1, 0.15) is 0 Å². The van der Waals surface area contributed by atoms with Gasteiger partial charge in [-0.3, -0.25) is 4.79 Å². The highest BCUT2D eigenvalue weighted by Gasteiger charge is 2.26. The highest BCUT2D eigenvalue weighted by Crippen LogP contribution is 2.35. The van der Waals surface area contributed by atoms with Crippen molar-refractivity contribution in [3.05, 3.63) is 52.7 Å². The van der Waals surface area contributed by atoms with Gasteiger partial charge in [-0.15, -0.1) is 10.2 Å². The first-order chi connectivity index (χ1) is 12.7. The molecule has 2 aromatic rings. The topological polar surface area (TPSA) is 58.1 Å². The molecule has 4 rings (SSSR count). The highest BCUT2D eigenvalue weighted by molar-refractivity contribution is 6.29. The predicted octanol–water partition coefficient (Wildman–Crippen LogP) is 3.34. The second-order valence-corrected chi connectivity index (χ2v) is 7.57. The third kappa shape index (κ3) is 3.83. The van der Waals surface area contributed by atoms with Gasteiger partial charge < -0.3 is 10.2 Å². The summed E-state index contributed by atoms with van der Waals surface area (Å²) in [4.78, 5) is 14.7. The van der Waals surface area contributed by atoms with E-state index in [1.807, 2.05) is 6.07 Å². The number of benzene rings is 1. The Labute approximate surface area is 158 Å². The number of hydrogen-bond acceptors (Lipinski definition) is 4. The van der Waals surface area contributed by atoms with Crippen LogP contribution in [-0.4, -0.2) is 35.2 Å². The van der Waals surface area contributed by atoms with E-state index < -0.39 is 0 Å². The number of amides is 1. The summed E-state index contributed by atoms with van der Waals surface area (Å²) in [5, 5.41) is 11.7. The first-order valence-electron chi connectivity index (χ1n) is 9.30. The molecule has 2 aliphatic rings. The van der Waals surface area contributed by atoms with Crippen molar-refractivity contribution in [1.82, 2.24) is 15.5 Å². The van der Waals surface area contributed by atoms with Crippen LogP contribution in [0.2, 0.25) is 5.15 Å². The molecule has 5 nitrogen and oxygen atoms in total. The average molecular weight is 371 g/mol. The van der Waals surface area contributed by atoms with Crippen molar-refractivity contribution in [2.24, 2.45) is 0 Å². The van der Waals surface area contributed by atoms with Crippen LogP contribution in [-0.2, 0) is 11.2 Å². The summed E-state index contributed by atoms with van der Waals surface area (Å²) in [7, 11) is 0. The van der Waals surface area contributed by atoms with Crippen molar-refractivity contribution < 1.29 is 4.79 Å². The van der Waals surface area contributed by atoms with E-state index in [0.29, 0.717) is 17.5 Å². The van der Waals surface area contributed by atoms with E-state index in [2.05, 4.69) is 44.7 Å². The Morgan fingerprint density at radius 2 is 1.92 bits per heavy atom. The number of rotatable bonds is 4. The summed E-state index contributed by atoms with van der Waals surface area (Å²) in [6.07, 6.45) is 4.63. The molecule has 1 amide bonds. The van der Waals surface area contributed by atoms with E-state index in [1.54, 1.807) is 6.07 Å². The number of fused-ring (bicyclic) bond motifs is 1. The molecule has 2 heterocycles. The Morgan fingerprint density at radius 1 is 1.12 bits per heavy atom. The van der Waals surface area contributed by atoms with E-state index >= 15 is 0 Å². The molecule has 0 spiro atoms. The van der Waals surface area contributed by atoms with E-state index in [4.69, 9.17) is 11.6 Å². The van der Waals surface area contributed by atoms with Crippen LogP contribution in [0.4, 0.5) is 5.82 Å². The number of aromatic nitrogens is 2. The molecule has 0 radical (unpaired) electrons. The number of nitrogens with zero attached hydrogens (tertiary/aromatic N) is 3. The molecule has 1 aliphatic heterocycles. The van der Waals surface area contributed by atoms with E-state index in [9.17, 15) is 4.79 Å². The lowest BCUT2D eigenvalue weighted by atomic mass is 9.97. The van der Waals surface area contributed by atoms with Crippen molar-refractivity contribution in [2.45, 2.75) is 44.1 Å². The summed E-state index contributed by atoms with van der Waals surface area (Å²) in [6.45, 7) is 1.74. The third-order valence-corrected chi connectivity index (χ3v) is 5.69. The molecule has 1 saturated heterocycles. The fourth-order valence-electron chi connectivity index (χ4n) is 4.10. The molecular formula is C20H23ClN4O. The number of piperidine rings is 1. The summed E-state index contributed by atoms with van der Waals surface area (Å²) in [5.74, 6) is 1.40. The number of carbonyl (C=O) groups excluding carboxylic acids is 1. The Balaban J connectivity index is 1.27. The number of anilines is 1. The molecule has 1 fully saturated rings. The second-order valence-electron chi connectivity index (χ2n) is 7.18. The van der Waals surface area contributed by atoms with Crippen LogP contribution in [0.5, 0.6) is 0 Å². The zero-order valence-electron chi connectivity index (χ0n) is 14.7. The molecule has 0 bridgehead atoms. The van der Waals surface area contributed by atoms with Gasteiger partial charge in [0.25, 0.3) is 0 Å². The molecular weight excluding hydrogens is 348 g/mol. The average Bonchev–Trinajstić information content (AvgIpc) is 3.06. The van der Waals surface area contributed by atoms with Gasteiger partial charge in [-0.2, -0.15) is 0 Å². The van der Waals surface area contributed by atoms with Gasteiger partial charge in [-0.1, -0.05) is 35.9 Å². The monoisotopic (exact) mass is 370 g/mol. The molecule has 1 atom stereocenters. The lowest BCUT2D eigenvalue weighted by molar-refractivity contribution is -0.122. The molecule has 0 unspecified atom stereocenters. The number of halogens is 1. The van der Waals surface area contributed by atoms with Gasteiger partial charge in [-0.05, 0) is 54.9 Å². The number of nitrogens with one attached hydrogen (secondary N) is 1. The smallest absolute Gasteiger partial charge is 0.220 e. The molecule has 0 saturated carbocycles. The summed E-state index contributed by atoms with van der Waals surface area (Å²) < 4.78 is 0. The predicted molar refractivity (Wildman–Crippen MR) is 103 cm³/mol. The van der Waals surface area contributed by atoms with Crippen LogP contribution in [0.1, 0.15) is 42.7 Å². The summed E-state index contributed by atoms with van der Waals surface area (Å²) in [6, 6.07) is 12.4. The van der Waals surface area contributed by atoms with Crippen LogP contribution >= 0.6 is 11.6 Å². The molecule has 1 aromatic heterocycles. The lowest BCUT2D eigenvalue weighted by Gasteiger charge is -2.33. The maximum atomic E-state index is 12.5. The molecule has 1 aromatic carbocycles. The molecule has 1 aliphatic carbocycles. The van der Waals surface area contributed by atoms with E-state index in [0.717, 1.165) is 44.6 Å². The summed E-state index contributed by atoms with van der Waals surface area (Å²) >= 11 is 5.79. The van der Waals surface area contributed by atoms with Crippen LogP contribution < -0.4 is 10.2 Å². The first kappa shape index (κ1) is 17.3. The van der Waals surface area contributed by atoms with Gasteiger partial charge in [0.2, 0.25) is 5.91 Å². The van der Waals surface area contributed by atoms with Crippen molar-refractivity contribution in [2.75, 3.05) is 18.0 Å². The quantitative estimate of drug-likeness (QED) is 0.896. The largest absolute Gasteiger partial charge is 0.355 e. The zero-order valence-corrected chi connectivity index (χ0v) is 15.5. The Hall–Kier alpha value is -2.14. The fourth-order valence-corrected chi connectivity index (χ4v) is 4.20. The molecule has 136 valence electrons. The summed E-state index contributed by atoms with van der Waals surface area (Å²) in [5.41, 5.74) is 2.77. The van der Waals surface area contributed by atoms with Crippen molar-refractivity contribution in [1.29, 1.82) is 0 Å². The number of carbonyl (C=O) groups is 1. The number of hydrogen-bond donors (Lipinski definition) is 1. The zero-order chi connectivity index (χ0) is 17.9. The molecule has 1 N–H and O–H groups in total. The lowest BCUT2D eigenvalue weighted by Crippen LogP contribution is -2.45. The van der Waals surface area contributed by atoms with E-state index in [-0.39, 0.29) is 11.9 Å². The molecule has 6 heteroatoms. The van der Waals surface area contributed by atoms with Gasteiger partial charge in [0.05, 0.1) is 0 Å². The maximum Gasteiger partial charge on any atom is 0.220 e. The third-order valence-electron chi connectivity index (χ3n) is 5.49. The van der Waals surface area contributed by atoms with Crippen molar-refractivity contribution in [3.8, 4) is 0 Å². The first-order valence-corrected chi connectivity index (χ1v) is 9.68.